The summed E-state index contributed by atoms with van der Waals surface area (Å²) in [6, 6.07) is 9.50. The van der Waals surface area contributed by atoms with E-state index in [4.69, 9.17) is 4.74 Å². The molecule has 1 aliphatic carbocycles. The monoisotopic (exact) mass is 523 g/mol. The Hall–Kier alpha value is -3.37. The van der Waals surface area contributed by atoms with Crippen LogP contribution in [0.3, 0.4) is 0 Å². The molecule has 38 heavy (non-hydrogen) atoms. The second-order valence-corrected chi connectivity index (χ2v) is 11.0. The first-order valence-electron chi connectivity index (χ1n) is 13.5. The van der Waals surface area contributed by atoms with Crippen molar-refractivity contribution in [1.82, 2.24) is 25.6 Å². The molecular formula is C28H37N5O5. The SMILES string of the molecule is CC(C)CN1C(O)=C(C(=O)NC2CC2)C(=O)N2NC(C)C(/C=C/C(=O)N3CCOC[C@@H]3c3ccccc3)C12. The molecule has 1 aromatic carbocycles. The molecule has 3 unspecified atom stereocenters. The molecule has 0 spiro atoms. The predicted octanol–water partition coefficient (Wildman–Crippen LogP) is 1.84. The number of aliphatic hydroxyl groups excluding tert-OH is 1. The summed E-state index contributed by atoms with van der Waals surface area (Å²) in [5.74, 6) is -1.69. The Kier molecular flexibility index (Phi) is 7.45. The van der Waals surface area contributed by atoms with Crippen LogP contribution in [0.5, 0.6) is 0 Å². The first-order valence-corrected chi connectivity index (χ1v) is 13.5. The van der Waals surface area contributed by atoms with Crippen LogP contribution in [0.15, 0.2) is 53.9 Å². The van der Waals surface area contributed by atoms with Gasteiger partial charge in [0.15, 0.2) is 5.57 Å². The molecule has 1 saturated carbocycles. The average molecular weight is 524 g/mol. The lowest BCUT2D eigenvalue weighted by Crippen LogP contribution is -2.59. The molecule has 0 radical (unpaired) electrons. The van der Waals surface area contributed by atoms with Gasteiger partial charge in [0.05, 0.1) is 19.3 Å². The maximum Gasteiger partial charge on any atom is 0.280 e. The van der Waals surface area contributed by atoms with Gasteiger partial charge < -0.3 is 25.0 Å². The van der Waals surface area contributed by atoms with Crippen LogP contribution in [0.25, 0.3) is 0 Å². The number of hydrogen-bond acceptors (Lipinski definition) is 7. The van der Waals surface area contributed by atoms with Gasteiger partial charge in [-0.3, -0.25) is 14.4 Å². The molecule has 10 heteroatoms. The van der Waals surface area contributed by atoms with Gasteiger partial charge >= 0.3 is 0 Å². The van der Waals surface area contributed by atoms with Gasteiger partial charge in [0.1, 0.15) is 6.17 Å². The molecule has 0 bridgehead atoms. The summed E-state index contributed by atoms with van der Waals surface area (Å²) in [4.78, 5) is 43.2. The van der Waals surface area contributed by atoms with E-state index in [-0.39, 0.29) is 47.3 Å². The number of benzene rings is 1. The summed E-state index contributed by atoms with van der Waals surface area (Å²) in [5, 5.41) is 15.5. The highest BCUT2D eigenvalue weighted by molar-refractivity contribution is 6.19. The zero-order valence-corrected chi connectivity index (χ0v) is 22.2. The Morgan fingerprint density at radius 3 is 2.66 bits per heavy atom. The molecule has 2 saturated heterocycles. The van der Waals surface area contributed by atoms with Crippen LogP contribution in [-0.2, 0) is 19.1 Å². The largest absolute Gasteiger partial charge is 0.494 e. The van der Waals surface area contributed by atoms with Crippen molar-refractivity contribution in [2.24, 2.45) is 11.8 Å². The molecule has 3 fully saturated rings. The summed E-state index contributed by atoms with van der Waals surface area (Å²) in [6.45, 7) is 7.79. The lowest BCUT2D eigenvalue weighted by Gasteiger charge is -2.42. The number of nitrogens with one attached hydrogen (secondary N) is 2. The minimum Gasteiger partial charge on any atom is -0.494 e. The molecule has 5 rings (SSSR count). The van der Waals surface area contributed by atoms with Crippen LogP contribution in [-0.4, -0.2) is 82.2 Å². The highest BCUT2D eigenvalue weighted by atomic mass is 16.5. The van der Waals surface area contributed by atoms with Crippen molar-refractivity contribution < 1.29 is 24.2 Å². The van der Waals surface area contributed by atoms with Crippen LogP contribution in [0.2, 0.25) is 0 Å². The number of carbonyl (C=O) groups is 3. The second kappa shape index (κ2) is 10.8. The Labute approximate surface area is 223 Å². The zero-order chi connectivity index (χ0) is 27.0. The van der Waals surface area contributed by atoms with Crippen molar-refractivity contribution in [2.45, 2.75) is 57.9 Å². The number of rotatable bonds is 7. The Balaban J connectivity index is 1.40. The number of carbonyl (C=O) groups excluding carboxylic acids is 3. The number of hydrazine groups is 1. The van der Waals surface area contributed by atoms with Crippen LogP contribution in [0.4, 0.5) is 0 Å². The van der Waals surface area contributed by atoms with Gasteiger partial charge in [0.25, 0.3) is 11.8 Å². The molecule has 204 valence electrons. The normalized spacial score (nSPS) is 27.9. The van der Waals surface area contributed by atoms with E-state index in [2.05, 4.69) is 10.7 Å². The number of fused-ring (bicyclic) bond motifs is 1. The Bertz CT molecular complexity index is 1130. The molecule has 3 heterocycles. The number of hydrogen-bond donors (Lipinski definition) is 3. The van der Waals surface area contributed by atoms with Crippen molar-refractivity contribution in [3.8, 4) is 0 Å². The smallest absolute Gasteiger partial charge is 0.280 e. The van der Waals surface area contributed by atoms with Gasteiger partial charge in [0, 0.05) is 31.1 Å². The first kappa shape index (κ1) is 26.2. The molecule has 3 amide bonds. The van der Waals surface area contributed by atoms with E-state index < -0.39 is 18.0 Å². The summed E-state index contributed by atoms with van der Waals surface area (Å²) in [7, 11) is 0. The molecular weight excluding hydrogens is 486 g/mol. The third-order valence-electron chi connectivity index (χ3n) is 7.53. The van der Waals surface area contributed by atoms with E-state index in [0.29, 0.717) is 26.3 Å². The summed E-state index contributed by atoms with van der Waals surface area (Å²) < 4.78 is 5.67. The van der Waals surface area contributed by atoms with E-state index in [1.54, 1.807) is 11.0 Å². The van der Waals surface area contributed by atoms with Gasteiger partial charge in [-0.25, -0.2) is 10.4 Å². The quantitative estimate of drug-likeness (QED) is 0.369. The van der Waals surface area contributed by atoms with E-state index in [1.165, 1.54) is 5.01 Å². The summed E-state index contributed by atoms with van der Waals surface area (Å²) in [6.07, 6.45) is 4.57. The van der Waals surface area contributed by atoms with Gasteiger partial charge in [-0.15, -0.1) is 0 Å². The number of nitrogens with zero attached hydrogens (tertiary/aromatic N) is 3. The lowest BCUT2D eigenvalue weighted by atomic mass is 9.95. The second-order valence-electron chi connectivity index (χ2n) is 11.0. The highest BCUT2D eigenvalue weighted by Crippen LogP contribution is 2.35. The Morgan fingerprint density at radius 1 is 1.24 bits per heavy atom. The molecule has 1 aromatic rings. The van der Waals surface area contributed by atoms with E-state index in [1.807, 2.05) is 62.1 Å². The third kappa shape index (κ3) is 5.15. The average Bonchev–Trinajstić information content (AvgIpc) is 3.65. The molecule has 3 N–H and O–H groups in total. The first-order chi connectivity index (χ1) is 18.3. The number of ether oxygens (including phenoxy) is 1. The van der Waals surface area contributed by atoms with Crippen LogP contribution < -0.4 is 10.7 Å². The lowest BCUT2D eigenvalue weighted by molar-refractivity contribution is -0.142. The predicted molar refractivity (Wildman–Crippen MR) is 140 cm³/mol. The van der Waals surface area contributed by atoms with Gasteiger partial charge in [-0.05, 0) is 37.3 Å². The fourth-order valence-electron chi connectivity index (χ4n) is 5.47. The van der Waals surface area contributed by atoms with Crippen LogP contribution in [0.1, 0.15) is 45.2 Å². The van der Waals surface area contributed by atoms with Crippen molar-refractivity contribution in [2.75, 3.05) is 26.3 Å². The topological polar surface area (TPSA) is 114 Å². The van der Waals surface area contributed by atoms with E-state index >= 15 is 0 Å². The fourth-order valence-corrected chi connectivity index (χ4v) is 5.47. The van der Waals surface area contributed by atoms with Crippen LogP contribution in [0, 0.1) is 11.8 Å². The minimum atomic E-state index is -0.573. The van der Waals surface area contributed by atoms with Gasteiger partial charge in [-0.2, -0.15) is 0 Å². The van der Waals surface area contributed by atoms with E-state index in [9.17, 15) is 19.5 Å². The maximum absolute atomic E-state index is 13.4. The fraction of sp³-hybridized carbons (Fsp3) is 0.536. The van der Waals surface area contributed by atoms with Crippen molar-refractivity contribution >= 4 is 17.7 Å². The van der Waals surface area contributed by atoms with Crippen LogP contribution >= 0.6 is 0 Å². The summed E-state index contributed by atoms with van der Waals surface area (Å²) in [5.41, 5.74) is 3.97. The standard InChI is InChI=1S/C28H37N5O5/c1-17(2)15-32-26-21(11-12-23(34)31-13-14-38-16-22(31)19-7-5-4-6-8-19)18(3)30-33(26)28(37)24(27(32)36)25(35)29-20-9-10-20/h4-8,11-12,17-18,20-22,26,30,36H,9-10,13-16H2,1-3H3,(H,29,35)/b12-11+/t18?,21?,22-,26?/m1/s1. The number of amides is 3. The van der Waals surface area contributed by atoms with Crippen molar-refractivity contribution in [3.05, 3.63) is 59.5 Å². The van der Waals surface area contributed by atoms with Gasteiger partial charge in [-0.1, -0.05) is 50.3 Å². The van der Waals surface area contributed by atoms with Crippen molar-refractivity contribution in [3.63, 3.8) is 0 Å². The molecule has 3 aliphatic heterocycles. The Morgan fingerprint density at radius 2 is 1.97 bits per heavy atom. The highest BCUT2D eigenvalue weighted by Gasteiger charge is 2.51. The third-order valence-corrected chi connectivity index (χ3v) is 7.53. The molecule has 0 aromatic heterocycles. The number of aliphatic hydroxyl groups is 1. The maximum atomic E-state index is 13.4. The molecule has 4 atom stereocenters. The molecule has 4 aliphatic rings. The van der Waals surface area contributed by atoms with E-state index in [0.717, 1.165) is 18.4 Å². The van der Waals surface area contributed by atoms with Crippen molar-refractivity contribution in [1.29, 1.82) is 0 Å². The number of morpholine rings is 1. The zero-order valence-electron chi connectivity index (χ0n) is 22.2. The minimum absolute atomic E-state index is 0.0546. The van der Waals surface area contributed by atoms with Gasteiger partial charge in [0.2, 0.25) is 11.8 Å². The molecule has 10 nitrogen and oxygen atoms in total. The summed E-state index contributed by atoms with van der Waals surface area (Å²) >= 11 is 0.